The molecule has 1 N–H and O–H groups in total. The molecule has 2 bridgehead atoms. The van der Waals surface area contributed by atoms with E-state index in [1.54, 1.807) is 7.11 Å². The van der Waals surface area contributed by atoms with Gasteiger partial charge in [-0.25, -0.2) is 0 Å². The van der Waals surface area contributed by atoms with E-state index < -0.39 is 11.4 Å². The van der Waals surface area contributed by atoms with E-state index in [-0.39, 0.29) is 22.3 Å². The number of amides is 1. The largest absolute Gasteiger partial charge is 0.481 e. The number of hydrogen-bond acceptors (Lipinski definition) is 3. The summed E-state index contributed by atoms with van der Waals surface area (Å²) in [4.78, 5) is 27.2. The van der Waals surface area contributed by atoms with Gasteiger partial charge in [0.25, 0.3) is 0 Å². The minimum absolute atomic E-state index is 0.116. The molecule has 0 spiro atoms. The summed E-state index contributed by atoms with van der Waals surface area (Å²) in [6, 6.07) is 6.46. The Labute approximate surface area is 213 Å². The number of carboxylic acid groups (broad SMARTS) is 1. The van der Waals surface area contributed by atoms with Crippen molar-refractivity contribution in [3.05, 3.63) is 46.1 Å². The van der Waals surface area contributed by atoms with Crippen molar-refractivity contribution in [2.75, 3.05) is 13.7 Å². The maximum Gasteiger partial charge on any atom is 0.309 e. The van der Waals surface area contributed by atoms with Gasteiger partial charge in [0.15, 0.2) is 0 Å². The molecule has 35 heavy (non-hydrogen) atoms. The molecule has 190 valence electrons. The van der Waals surface area contributed by atoms with E-state index in [2.05, 4.69) is 45.2 Å². The first kappa shape index (κ1) is 24.8. The molecule has 4 saturated carbocycles. The molecule has 1 aromatic rings. The Morgan fingerprint density at radius 2 is 1.97 bits per heavy atom. The van der Waals surface area contributed by atoms with E-state index in [1.165, 1.54) is 5.57 Å². The zero-order valence-corrected chi connectivity index (χ0v) is 22.2. The number of allylic oxidation sites excluding steroid dienone is 1. The van der Waals surface area contributed by atoms with Crippen LogP contribution in [0.1, 0.15) is 83.3 Å². The van der Waals surface area contributed by atoms with Crippen LogP contribution in [0.2, 0.25) is 5.02 Å². The average molecular weight is 500 g/mol. The Balaban J connectivity index is 1.46. The van der Waals surface area contributed by atoms with Crippen LogP contribution in [0.5, 0.6) is 0 Å². The number of rotatable bonds is 7. The number of nitrogens with zero attached hydrogens (tertiary/aromatic N) is 1. The fourth-order valence-electron chi connectivity index (χ4n) is 7.15. The summed E-state index contributed by atoms with van der Waals surface area (Å²) >= 11 is 6.81. The van der Waals surface area contributed by atoms with E-state index in [0.29, 0.717) is 38.2 Å². The van der Waals surface area contributed by atoms with E-state index in [0.717, 1.165) is 48.3 Å². The second-order valence-corrected chi connectivity index (χ2v) is 13.4. The molecule has 0 saturated heterocycles. The zero-order chi connectivity index (χ0) is 25.2. The summed E-state index contributed by atoms with van der Waals surface area (Å²) in [6.07, 6.45) is 9.06. The van der Waals surface area contributed by atoms with Crippen LogP contribution in [0.25, 0.3) is 0 Å². The minimum atomic E-state index is -0.718. The van der Waals surface area contributed by atoms with Crippen LogP contribution in [-0.4, -0.2) is 41.1 Å². The van der Waals surface area contributed by atoms with Crippen molar-refractivity contribution in [1.82, 2.24) is 4.90 Å². The smallest absolute Gasteiger partial charge is 0.309 e. The van der Waals surface area contributed by atoms with Gasteiger partial charge in [0.1, 0.15) is 0 Å². The average Bonchev–Trinajstić information content (AvgIpc) is 2.71. The molecule has 1 aliphatic heterocycles. The van der Waals surface area contributed by atoms with Gasteiger partial charge < -0.3 is 14.7 Å². The van der Waals surface area contributed by atoms with E-state index in [4.69, 9.17) is 16.3 Å². The maximum absolute atomic E-state index is 13.6. The van der Waals surface area contributed by atoms with Gasteiger partial charge in [0.2, 0.25) is 5.91 Å². The number of carbonyl (C=O) groups is 2. The Bertz CT molecular complexity index is 1070. The van der Waals surface area contributed by atoms with Crippen LogP contribution in [0.3, 0.4) is 0 Å². The molecule has 1 heterocycles. The number of halogens is 1. The summed E-state index contributed by atoms with van der Waals surface area (Å²) in [5, 5.41) is 10.4. The van der Waals surface area contributed by atoms with Crippen molar-refractivity contribution in [3.63, 3.8) is 0 Å². The first-order chi connectivity index (χ1) is 16.4. The zero-order valence-electron chi connectivity index (χ0n) is 21.5. The highest BCUT2D eigenvalue weighted by atomic mass is 35.5. The Hall–Kier alpha value is -1.85. The number of carbonyl (C=O) groups excluding carboxylic acids is 1. The quantitative estimate of drug-likeness (QED) is 0.490. The third kappa shape index (κ3) is 4.03. The Kier molecular flexibility index (Phi) is 5.92. The summed E-state index contributed by atoms with van der Waals surface area (Å²) in [6.45, 7) is 7.44. The van der Waals surface area contributed by atoms with Crippen molar-refractivity contribution in [3.8, 4) is 0 Å². The van der Waals surface area contributed by atoms with Crippen molar-refractivity contribution < 1.29 is 19.4 Å². The van der Waals surface area contributed by atoms with E-state index >= 15 is 0 Å². The molecule has 5 aliphatic rings. The number of hydrogen-bond donors (Lipinski definition) is 1. The Morgan fingerprint density at radius 3 is 2.57 bits per heavy atom. The summed E-state index contributed by atoms with van der Waals surface area (Å²) < 4.78 is 5.49. The molecule has 4 aliphatic carbocycles. The summed E-state index contributed by atoms with van der Waals surface area (Å²) in [5.74, 6) is -0.176. The Morgan fingerprint density at radius 1 is 1.26 bits per heavy atom. The fourth-order valence-corrected chi connectivity index (χ4v) is 7.43. The van der Waals surface area contributed by atoms with Crippen molar-refractivity contribution in [2.24, 2.45) is 16.7 Å². The molecule has 1 amide bonds. The lowest BCUT2D eigenvalue weighted by Crippen LogP contribution is -2.77. The van der Waals surface area contributed by atoms with Gasteiger partial charge in [-0.3, -0.25) is 9.59 Å². The molecule has 6 heteroatoms. The van der Waals surface area contributed by atoms with E-state index in [9.17, 15) is 14.7 Å². The van der Waals surface area contributed by atoms with Gasteiger partial charge in [0, 0.05) is 36.8 Å². The molecule has 1 aromatic carbocycles. The molecular weight excluding hydrogens is 462 g/mol. The van der Waals surface area contributed by atoms with Crippen LogP contribution < -0.4 is 0 Å². The van der Waals surface area contributed by atoms with Crippen LogP contribution in [0.15, 0.2) is 30.0 Å². The first-order valence-corrected chi connectivity index (χ1v) is 13.3. The molecule has 4 fully saturated rings. The standard InChI is InChI=1S/C29H38ClNO4/c1-26(2,3)9-8-20-5-6-21(12-23(20)30)29-10-7-19(15-35-4)11-22(29)14-31(24(32)13-29)28-16-27(17-28,18-28)25(33)34/h5-6,12,14,19H,7-11,13,15-18H2,1-4H3,(H,33,34)/t19?,27?,28?,29-/m0/s1. The second kappa shape index (κ2) is 8.34. The normalized spacial score (nSPS) is 34.0. The van der Waals surface area contributed by atoms with Crippen molar-refractivity contribution >= 4 is 23.5 Å². The molecule has 1 unspecified atom stereocenters. The third-order valence-corrected chi connectivity index (χ3v) is 9.58. The van der Waals surface area contributed by atoms with Crippen molar-refractivity contribution in [1.29, 1.82) is 0 Å². The number of aliphatic carboxylic acids is 1. The highest BCUT2D eigenvalue weighted by Gasteiger charge is 2.75. The number of benzene rings is 1. The predicted octanol–water partition coefficient (Wildman–Crippen LogP) is 6.13. The van der Waals surface area contributed by atoms with Crippen LogP contribution in [-0.2, 0) is 26.2 Å². The molecular formula is C29H38ClNO4. The molecule has 2 atom stereocenters. The van der Waals surface area contributed by atoms with Crippen LogP contribution in [0, 0.1) is 16.7 Å². The lowest BCUT2D eigenvalue weighted by atomic mass is 9.38. The molecule has 5 nitrogen and oxygen atoms in total. The van der Waals surface area contributed by atoms with Gasteiger partial charge in [-0.05, 0) is 85.5 Å². The third-order valence-electron chi connectivity index (χ3n) is 9.23. The first-order valence-electron chi connectivity index (χ1n) is 13.0. The summed E-state index contributed by atoms with van der Waals surface area (Å²) in [5.41, 5.74) is 2.59. The van der Waals surface area contributed by atoms with Gasteiger partial charge >= 0.3 is 5.97 Å². The summed E-state index contributed by atoms with van der Waals surface area (Å²) in [7, 11) is 1.75. The molecule has 0 aromatic heterocycles. The lowest BCUT2D eigenvalue weighted by molar-refractivity contribution is -0.224. The van der Waals surface area contributed by atoms with Gasteiger partial charge in [0.05, 0.1) is 11.0 Å². The van der Waals surface area contributed by atoms with Gasteiger partial charge in [-0.1, -0.05) is 44.5 Å². The number of fused-ring (bicyclic) bond motifs is 1. The molecule has 0 radical (unpaired) electrons. The lowest BCUT2D eigenvalue weighted by Gasteiger charge is -2.71. The van der Waals surface area contributed by atoms with Crippen LogP contribution in [0.4, 0.5) is 0 Å². The number of ether oxygens (including phenoxy) is 1. The number of aryl methyl sites for hydroxylation is 1. The SMILES string of the molecule is COCC1CC[C@@]2(c3ccc(CCC(C)(C)C)c(Cl)c3)CC(=O)N(C34CC(C(=O)O)(C3)C4)C=C2C1. The topological polar surface area (TPSA) is 66.8 Å². The van der Waals surface area contributed by atoms with Crippen LogP contribution >= 0.6 is 11.6 Å². The number of methoxy groups -OCH3 is 1. The highest BCUT2D eigenvalue weighted by Crippen LogP contribution is 2.71. The second-order valence-electron chi connectivity index (χ2n) is 12.9. The maximum atomic E-state index is 13.6. The minimum Gasteiger partial charge on any atom is -0.481 e. The number of carboxylic acids is 1. The molecule has 6 rings (SSSR count). The van der Waals surface area contributed by atoms with Gasteiger partial charge in [-0.2, -0.15) is 0 Å². The van der Waals surface area contributed by atoms with Crippen molar-refractivity contribution in [2.45, 2.75) is 89.5 Å². The van der Waals surface area contributed by atoms with E-state index in [1.807, 2.05) is 4.90 Å². The van der Waals surface area contributed by atoms with Gasteiger partial charge in [-0.15, -0.1) is 0 Å². The highest BCUT2D eigenvalue weighted by molar-refractivity contribution is 6.31. The predicted molar refractivity (Wildman–Crippen MR) is 136 cm³/mol. The monoisotopic (exact) mass is 499 g/mol. The fraction of sp³-hybridized carbons (Fsp3) is 0.655.